The monoisotopic (exact) mass is 492 g/mol. The fraction of sp³-hybridized carbons (Fsp3) is 0.789. The number of anilines is 1. The molecule has 1 aliphatic heterocycles. The zero-order valence-electron chi connectivity index (χ0n) is 17.4. The van der Waals surface area contributed by atoms with E-state index in [0.29, 0.717) is 18.1 Å². The number of ether oxygens (including phenoxy) is 1. The third-order valence-corrected chi connectivity index (χ3v) is 4.89. The molecule has 0 spiro atoms. The molecule has 1 saturated heterocycles. The molecule has 0 aliphatic carbocycles. The van der Waals surface area contributed by atoms with Crippen molar-refractivity contribution in [1.82, 2.24) is 20.4 Å². The van der Waals surface area contributed by atoms with E-state index in [9.17, 15) is 0 Å². The summed E-state index contributed by atoms with van der Waals surface area (Å²) in [6.07, 6.45) is 7.62. The van der Waals surface area contributed by atoms with Crippen molar-refractivity contribution in [2.75, 3.05) is 38.2 Å². The Morgan fingerprint density at radius 1 is 1.44 bits per heavy atom. The molecule has 1 fully saturated rings. The van der Waals surface area contributed by atoms with Gasteiger partial charge in [0.2, 0.25) is 0 Å². The van der Waals surface area contributed by atoms with Crippen molar-refractivity contribution in [2.45, 2.75) is 52.2 Å². The molecule has 8 heteroatoms. The molecule has 2 rings (SSSR count). The molecular weight excluding hydrogens is 455 g/mol. The topological polar surface area (TPSA) is 66.7 Å². The van der Waals surface area contributed by atoms with Gasteiger partial charge in [-0.3, -0.25) is 9.67 Å². The standard InChI is InChI=1S/C19H36N6O.HI/c1-6-26-18(15(2)3)9-10-21-19(20-4)23-16-8-7-11-25(13-16)17-12-22-24(5)14-17;/h12,14-16,18H,6-11,13H2,1-5H3,(H2,20,21,23);1H. The highest BCUT2D eigenvalue weighted by Gasteiger charge is 2.22. The molecule has 2 unspecified atom stereocenters. The first-order valence-corrected chi connectivity index (χ1v) is 9.85. The largest absolute Gasteiger partial charge is 0.378 e. The molecule has 0 bridgehead atoms. The van der Waals surface area contributed by atoms with Crippen molar-refractivity contribution in [3.63, 3.8) is 0 Å². The molecule has 7 nitrogen and oxygen atoms in total. The van der Waals surface area contributed by atoms with Crippen LogP contribution >= 0.6 is 24.0 Å². The van der Waals surface area contributed by atoms with Gasteiger partial charge in [0.15, 0.2) is 5.96 Å². The van der Waals surface area contributed by atoms with Crippen LogP contribution in [0.2, 0.25) is 0 Å². The maximum atomic E-state index is 5.82. The number of nitrogens with zero attached hydrogens (tertiary/aromatic N) is 4. The van der Waals surface area contributed by atoms with Crippen LogP contribution < -0.4 is 15.5 Å². The SMILES string of the molecule is CCOC(CCNC(=NC)NC1CCCN(c2cnn(C)c2)C1)C(C)C.I. The Morgan fingerprint density at radius 2 is 2.22 bits per heavy atom. The lowest BCUT2D eigenvalue weighted by atomic mass is 10.0. The molecule has 2 heterocycles. The minimum absolute atomic E-state index is 0. The summed E-state index contributed by atoms with van der Waals surface area (Å²) >= 11 is 0. The summed E-state index contributed by atoms with van der Waals surface area (Å²) in [5.41, 5.74) is 1.19. The number of hydrogen-bond donors (Lipinski definition) is 2. The zero-order chi connectivity index (χ0) is 18.9. The van der Waals surface area contributed by atoms with Crippen LogP contribution in [-0.2, 0) is 11.8 Å². The van der Waals surface area contributed by atoms with Crippen molar-refractivity contribution >= 4 is 35.6 Å². The third kappa shape index (κ3) is 7.85. The number of nitrogens with one attached hydrogen (secondary N) is 2. The molecule has 2 atom stereocenters. The van der Waals surface area contributed by atoms with Gasteiger partial charge in [-0.1, -0.05) is 13.8 Å². The van der Waals surface area contributed by atoms with Gasteiger partial charge in [-0.25, -0.2) is 0 Å². The quantitative estimate of drug-likeness (QED) is 0.332. The zero-order valence-corrected chi connectivity index (χ0v) is 19.8. The molecule has 1 aromatic rings. The number of piperidine rings is 1. The number of hydrogen-bond acceptors (Lipinski definition) is 4. The summed E-state index contributed by atoms with van der Waals surface area (Å²) in [5, 5.41) is 11.3. The Labute approximate surface area is 181 Å². The fourth-order valence-electron chi connectivity index (χ4n) is 3.45. The van der Waals surface area contributed by atoms with Crippen molar-refractivity contribution in [2.24, 2.45) is 18.0 Å². The van der Waals surface area contributed by atoms with Crippen LogP contribution in [0.1, 0.15) is 40.0 Å². The van der Waals surface area contributed by atoms with E-state index in [2.05, 4.69) is 52.6 Å². The molecule has 0 amide bonds. The van der Waals surface area contributed by atoms with Crippen LogP contribution in [0.5, 0.6) is 0 Å². The average molecular weight is 492 g/mol. The van der Waals surface area contributed by atoms with Gasteiger partial charge in [0, 0.05) is 52.6 Å². The van der Waals surface area contributed by atoms with Gasteiger partial charge in [-0.05, 0) is 32.1 Å². The van der Waals surface area contributed by atoms with Crippen molar-refractivity contribution in [3.8, 4) is 0 Å². The Hall–Kier alpha value is -1.03. The first-order chi connectivity index (χ1) is 12.5. The van der Waals surface area contributed by atoms with E-state index in [0.717, 1.165) is 45.0 Å². The molecule has 0 saturated carbocycles. The number of aryl methyl sites for hydroxylation is 1. The number of aliphatic imine (C=N–C) groups is 1. The van der Waals surface area contributed by atoms with Gasteiger partial charge < -0.3 is 20.3 Å². The van der Waals surface area contributed by atoms with Crippen LogP contribution in [0.25, 0.3) is 0 Å². The summed E-state index contributed by atoms with van der Waals surface area (Å²) in [6, 6.07) is 0.392. The second kappa shape index (κ2) is 12.4. The second-order valence-electron chi connectivity index (χ2n) is 7.33. The van der Waals surface area contributed by atoms with Crippen molar-refractivity contribution in [3.05, 3.63) is 12.4 Å². The highest BCUT2D eigenvalue weighted by Crippen LogP contribution is 2.19. The smallest absolute Gasteiger partial charge is 0.191 e. The van der Waals surface area contributed by atoms with Crippen molar-refractivity contribution in [1.29, 1.82) is 0 Å². The maximum absolute atomic E-state index is 5.82. The van der Waals surface area contributed by atoms with E-state index >= 15 is 0 Å². The van der Waals surface area contributed by atoms with Crippen LogP contribution in [0.4, 0.5) is 5.69 Å². The van der Waals surface area contributed by atoms with Gasteiger partial charge in [-0.15, -0.1) is 24.0 Å². The van der Waals surface area contributed by atoms with E-state index in [4.69, 9.17) is 4.74 Å². The van der Waals surface area contributed by atoms with E-state index in [1.54, 1.807) is 0 Å². The third-order valence-electron chi connectivity index (χ3n) is 4.89. The van der Waals surface area contributed by atoms with Gasteiger partial charge in [-0.2, -0.15) is 5.10 Å². The molecular formula is C19H37IN6O. The number of rotatable bonds is 8. The van der Waals surface area contributed by atoms with Gasteiger partial charge in [0.1, 0.15) is 0 Å². The molecule has 1 aliphatic rings. The summed E-state index contributed by atoms with van der Waals surface area (Å²) < 4.78 is 7.68. The van der Waals surface area contributed by atoms with Crippen LogP contribution in [0, 0.1) is 5.92 Å². The Morgan fingerprint density at radius 3 is 2.81 bits per heavy atom. The highest BCUT2D eigenvalue weighted by molar-refractivity contribution is 14.0. The first kappa shape index (κ1) is 24.0. The van der Waals surface area contributed by atoms with Gasteiger partial charge in [0.25, 0.3) is 0 Å². The van der Waals surface area contributed by atoms with Crippen LogP contribution in [0.3, 0.4) is 0 Å². The fourth-order valence-corrected chi connectivity index (χ4v) is 3.45. The molecule has 1 aromatic heterocycles. The minimum Gasteiger partial charge on any atom is -0.378 e. The normalized spacial score (nSPS) is 19.0. The van der Waals surface area contributed by atoms with Crippen LogP contribution in [0.15, 0.2) is 17.4 Å². The molecule has 27 heavy (non-hydrogen) atoms. The lowest BCUT2D eigenvalue weighted by molar-refractivity contribution is 0.0258. The lowest BCUT2D eigenvalue weighted by Gasteiger charge is -2.34. The Balaban J connectivity index is 0.00000364. The summed E-state index contributed by atoms with van der Waals surface area (Å²) in [5.74, 6) is 1.40. The average Bonchev–Trinajstić information content (AvgIpc) is 3.06. The predicted octanol–water partition coefficient (Wildman–Crippen LogP) is 2.62. The Bertz CT molecular complexity index is 562. The Kier molecular flexibility index (Phi) is 11.1. The van der Waals surface area contributed by atoms with E-state index in [-0.39, 0.29) is 24.0 Å². The molecule has 2 N–H and O–H groups in total. The summed E-state index contributed by atoms with van der Waals surface area (Å²) in [7, 11) is 3.79. The number of aromatic nitrogens is 2. The van der Waals surface area contributed by atoms with Gasteiger partial charge in [0.05, 0.1) is 18.0 Å². The lowest BCUT2D eigenvalue weighted by Crippen LogP contribution is -2.51. The van der Waals surface area contributed by atoms with Gasteiger partial charge >= 0.3 is 0 Å². The van der Waals surface area contributed by atoms with Crippen molar-refractivity contribution < 1.29 is 4.74 Å². The minimum atomic E-state index is 0. The summed E-state index contributed by atoms with van der Waals surface area (Å²) in [6.45, 7) is 10.2. The number of halogens is 1. The van der Waals surface area contributed by atoms with E-state index in [1.165, 1.54) is 12.1 Å². The number of guanidine groups is 1. The van der Waals surface area contributed by atoms with E-state index in [1.807, 2.05) is 25.0 Å². The molecule has 156 valence electrons. The van der Waals surface area contributed by atoms with Crippen LogP contribution in [-0.4, -0.2) is 61.2 Å². The molecule has 0 aromatic carbocycles. The predicted molar refractivity (Wildman–Crippen MR) is 123 cm³/mol. The maximum Gasteiger partial charge on any atom is 0.191 e. The van der Waals surface area contributed by atoms with E-state index < -0.39 is 0 Å². The highest BCUT2D eigenvalue weighted by atomic mass is 127. The summed E-state index contributed by atoms with van der Waals surface area (Å²) in [4.78, 5) is 6.78. The first-order valence-electron chi connectivity index (χ1n) is 9.85. The second-order valence-corrected chi connectivity index (χ2v) is 7.33. The molecule has 0 radical (unpaired) electrons.